The molecule has 0 atom stereocenters. The van der Waals surface area contributed by atoms with Gasteiger partial charge >= 0.3 is 0 Å². The summed E-state index contributed by atoms with van der Waals surface area (Å²) in [4.78, 5) is 4.49. The second kappa shape index (κ2) is 4.90. The van der Waals surface area contributed by atoms with Crippen molar-refractivity contribution >= 4 is 11.0 Å². The van der Waals surface area contributed by atoms with Gasteiger partial charge in [0.2, 0.25) is 0 Å². The number of fused-ring (bicyclic) bond motifs is 1. The molecule has 0 aromatic carbocycles. The minimum absolute atomic E-state index is 0.443. The van der Waals surface area contributed by atoms with Crippen molar-refractivity contribution in [2.75, 3.05) is 7.11 Å². The first-order valence-electron chi connectivity index (χ1n) is 6.71. The zero-order chi connectivity index (χ0) is 13.4. The van der Waals surface area contributed by atoms with Crippen molar-refractivity contribution in [1.29, 1.82) is 0 Å². The van der Waals surface area contributed by atoms with Gasteiger partial charge < -0.3 is 10.1 Å². The van der Waals surface area contributed by atoms with Gasteiger partial charge in [-0.25, -0.2) is 4.98 Å². The molecule has 2 heterocycles. The number of hydrogen-bond donors (Lipinski definition) is 1. The average Bonchev–Trinajstić information content (AvgIpc) is 2.63. The molecule has 3 rings (SSSR count). The average molecular weight is 260 g/mol. The molecule has 0 unspecified atom stereocenters. The Bertz CT molecular complexity index is 586. The Balaban J connectivity index is 1.67. The van der Waals surface area contributed by atoms with Gasteiger partial charge in [0.1, 0.15) is 0 Å². The van der Waals surface area contributed by atoms with Crippen molar-refractivity contribution in [3.8, 4) is 0 Å². The highest BCUT2D eigenvalue weighted by molar-refractivity contribution is 5.78. The van der Waals surface area contributed by atoms with E-state index in [0.717, 1.165) is 36.1 Å². The van der Waals surface area contributed by atoms with Crippen LogP contribution in [0.1, 0.15) is 24.1 Å². The van der Waals surface area contributed by atoms with Crippen LogP contribution in [-0.4, -0.2) is 34.0 Å². The van der Waals surface area contributed by atoms with Gasteiger partial charge in [0.05, 0.1) is 11.8 Å². The van der Waals surface area contributed by atoms with E-state index in [4.69, 9.17) is 4.74 Å². The van der Waals surface area contributed by atoms with Crippen LogP contribution in [-0.2, 0) is 18.3 Å². The van der Waals surface area contributed by atoms with E-state index in [0.29, 0.717) is 12.1 Å². The first kappa shape index (κ1) is 12.6. The summed E-state index contributed by atoms with van der Waals surface area (Å²) in [5.41, 5.74) is 3.20. The van der Waals surface area contributed by atoms with E-state index in [1.165, 1.54) is 5.56 Å². The second-order valence-corrected chi connectivity index (χ2v) is 5.33. The molecule has 0 bridgehead atoms. The Morgan fingerprint density at radius 2 is 2.26 bits per heavy atom. The Hall–Kier alpha value is -1.46. The number of nitrogens with zero attached hydrogens (tertiary/aromatic N) is 3. The smallest absolute Gasteiger partial charge is 0.157 e. The molecule has 19 heavy (non-hydrogen) atoms. The Labute approximate surface area is 113 Å². The third-order valence-electron chi connectivity index (χ3n) is 3.94. The fourth-order valence-corrected chi connectivity index (χ4v) is 2.63. The highest BCUT2D eigenvalue weighted by Gasteiger charge is 2.28. The molecule has 0 saturated heterocycles. The molecule has 1 fully saturated rings. The maximum atomic E-state index is 5.28. The van der Waals surface area contributed by atoms with Crippen LogP contribution in [0.5, 0.6) is 0 Å². The van der Waals surface area contributed by atoms with Gasteiger partial charge in [0.25, 0.3) is 0 Å². The van der Waals surface area contributed by atoms with E-state index in [1.54, 1.807) is 7.11 Å². The van der Waals surface area contributed by atoms with Gasteiger partial charge in [-0.15, -0.1) is 0 Å². The second-order valence-electron chi connectivity index (χ2n) is 5.33. The van der Waals surface area contributed by atoms with Crippen LogP contribution in [0.3, 0.4) is 0 Å². The van der Waals surface area contributed by atoms with Gasteiger partial charge in [0, 0.05) is 38.3 Å². The van der Waals surface area contributed by atoms with Crippen LogP contribution in [0.2, 0.25) is 0 Å². The maximum absolute atomic E-state index is 5.28. The van der Waals surface area contributed by atoms with E-state index in [-0.39, 0.29) is 0 Å². The topological polar surface area (TPSA) is 52.0 Å². The molecule has 1 saturated carbocycles. The van der Waals surface area contributed by atoms with E-state index in [2.05, 4.69) is 21.5 Å². The number of hydrogen-bond acceptors (Lipinski definition) is 4. The number of aryl methyl sites for hydroxylation is 2. The minimum atomic E-state index is 0.443. The lowest BCUT2D eigenvalue weighted by Gasteiger charge is -2.34. The summed E-state index contributed by atoms with van der Waals surface area (Å²) >= 11 is 0. The van der Waals surface area contributed by atoms with Gasteiger partial charge in [0.15, 0.2) is 5.65 Å². The molecule has 1 aliphatic rings. The summed E-state index contributed by atoms with van der Waals surface area (Å²) in [6.07, 6.45) is 4.60. The van der Waals surface area contributed by atoms with E-state index in [9.17, 15) is 0 Å². The highest BCUT2D eigenvalue weighted by Crippen LogP contribution is 2.23. The SMILES string of the molecule is COC1CC(NCc2cnc3c(c2)c(C)nn3C)C1. The van der Waals surface area contributed by atoms with Crippen LogP contribution in [0.25, 0.3) is 11.0 Å². The summed E-state index contributed by atoms with van der Waals surface area (Å²) < 4.78 is 7.11. The monoisotopic (exact) mass is 260 g/mol. The molecular formula is C14H20N4O. The maximum Gasteiger partial charge on any atom is 0.157 e. The Morgan fingerprint density at radius 3 is 3.00 bits per heavy atom. The zero-order valence-electron chi connectivity index (χ0n) is 11.7. The summed E-state index contributed by atoms with van der Waals surface area (Å²) in [6, 6.07) is 2.76. The quantitative estimate of drug-likeness (QED) is 0.906. The lowest BCUT2D eigenvalue weighted by molar-refractivity contribution is 0.0170. The van der Waals surface area contributed by atoms with Crippen molar-refractivity contribution < 1.29 is 4.74 Å². The number of pyridine rings is 1. The van der Waals surface area contributed by atoms with E-state index in [1.807, 2.05) is 24.9 Å². The van der Waals surface area contributed by atoms with Crippen LogP contribution >= 0.6 is 0 Å². The molecule has 102 valence electrons. The van der Waals surface area contributed by atoms with Crippen LogP contribution in [0, 0.1) is 6.92 Å². The number of aromatic nitrogens is 3. The number of ether oxygens (including phenoxy) is 1. The van der Waals surface area contributed by atoms with Gasteiger partial charge in [-0.05, 0) is 31.4 Å². The van der Waals surface area contributed by atoms with Gasteiger partial charge in [-0.1, -0.05) is 0 Å². The molecular weight excluding hydrogens is 240 g/mol. The Kier molecular flexibility index (Phi) is 3.24. The predicted molar refractivity (Wildman–Crippen MR) is 73.9 cm³/mol. The molecule has 1 aliphatic carbocycles. The largest absolute Gasteiger partial charge is 0.381 e. The summed E-state index contributed by atoms with van der Waals surface area (Å²) in [6.45, 7) is 2.88. The molecule has 0 radical (unpaired) electrons. The molecule has 5 heteroatoms. The van der Waals surface area contributed by atoms with Crippen LogP contribution in [0.4, 0.5) is 0 Å². The lowest BCUT2D eigenvalue weighted by atomic mass is 9.89. The Morgan fingerprint density at radius 1 is 1.47 bits per heavy atom. The highest BCUT2D eigenvalue weighted by atomic mass is 16.5. The summed E-state index contributed by atoms with van der Waals surface area (Å²) in [7, 11) is 3.71. The fraction of sp³-hybridized carbons (Fsp3) is 0.571. The van der Waals surface area contributed by atoms with Gasteiger partial charge in [-0.2, -0.15) is 5.10 Å². The van der Waals surface area contributed by atoms with Crippen molar-refractivity contribution in [3.05, 3.63) is 23.5 Å². The standard InChI is InChI=1S/C14H20N4O/c1-9-13-4-10(8-16-14(13)18(2)17-9)7-15-11-5-12(6-11)19-3/h4,8,11-12,15H,5-7H2,1-3H3. The van der Waals surface area contributed by atoms with E-state index < -0.39 is 0 Å². The first-order valence-corrected chi connectivity index (χ1v) is 6.71. The lowest BCUT2D eigenvalue weighted by Crippen LogP contribution is -2.44. The van der Waals surface area contributed by atoms with Crippen molar-refractivity contribution in [1.82, 2.24) is 20.1 Å². The van der Waals surface area contributed by atoms with Gasteiger partial charge in [-0.3, -0.25) is 4.68 Å². The van der Waals surface area contributed by atoms with Crippen molar-refractivity contribution in [3.63, 3.8) is 0 Å². The van der Waals surface area contributed by atoms with Crippen LogP contribution in [0.15, 0.2) is 12.3 Å². The fourth-order valence-electron chi connectivity index (χ4n) is 2.63. The number of nitrogens with one attached hydrogen (secondary N) is 1. The van der Waals surface area contributed by atoms with Crippen molar-refractivity contribution in [2.45, 2.75) is 38.5 Å². The molecule has 0 spiro atoms. The molecule has 0 amide bonds. The molecule has 2 aromatic heterocycles. The molecule has 2 aromatic rings. The zero-order valence-corrected chi connectivity index (χ0v) is 11.7. The summed E-state index contributed by atoms with van der Waals surface area (Å²) in [5.74, 6) is 0. The van der Waals surface area contributed by atoms with E-state index >= 15 is 0 Å². The number of methoxy groups -OCH3 is 1. The number of rotatable bonds is 4. The minimum Gasteiger partial charge on any atom is -0.381 e. The third-order valence-corrected chi connectivity index (χ3v) is 3.94. The molecule has 5 nitrogen and oxygen atoms in total. The van der Waals surface area contributed by atoms with Crippen LogP contribution < -0.4 is 5.32 Å². The molecule has 1 N–H and O–H groups in total. The predicted octanol–water partition coefficient (Wildman–Crippen LogP) is 1.54. The summed E-state index contributed by atoms with van der Waals surface area (Å²) in [5, 5.41) is 9.08. The van der Waals surface area contributed by atoms with Crippen molar-refractivity contribution in [2.24, 2.45) is 7.05 Å². The third kappa shape index (κ3) is 2.35. The normalized spacial score (nSPS) is 22.7. The first-order chi connectivity index (χ1) is 9.17. The molecule has 0 aliphatic heterocycles.